The van der Waals surface area contributed by atoms with Crippen LogP contribution in [-0.4, -0.2) is 56.0 Å². The molecule has 0 spiro atoms. The highest BCUT2D eigenvalue weighted by Crippen LogP contribution is 2.32. The Hall–Kier alpha value is -3.07. The number of carbonyl (C=O) groups is 2. The largest absolute Gasteiger partial charge is 0.497 e. The lowest BCUT2D eigenvalue weighted by Crippen LogP contribution is -2.52. The zero-order chi connectivity index (χ0) is 22.2. The van der Waals surface area contributed by atoms with Crippen LogP contribution in [0.2, 0.25) is 0 Å². The summed E-state index contributed by atoms with van der Waals surface area (Å²) in [5.74, 6) is 0.0910. The first kappa shape index (κ1) is 21.2. The number of ether oxygens (including phenoxy) is 1. The number of piperazine rings is 1. The molecule has 0 bridgehead atoms. The third kappa shape index (κ3) is 4.23. The molecule has 6 nitrogen and oxygen atoms in total. The Balaban J connectivity index is 1.42. The van der Waals surface area contributed by atoms with Crippen LogP contribution in [-0.2, 0) is 15.8 Å². The normalized spacial score (nSPS) is 20.5. The van der Waals surface area contributed by atoms with E-state index in [0.29, 0.717) is 43.3 Å². The van der Waals surface area contributed by atoms with Crippen LogP contribution in [0.5, 0.6) is 5.75 Å². The van der Waals surface area contributed by atoms with Crippen molar-refractivity contribution in [3.8, 4) is 5.75 Å². The first-order valence-corrected chi connectivity index (χ1v) is 9.95. The fourth-order valence-electron chi connectivity index (χ4n) is 4.07. The lowest BCUT2D eigenvalue weighted by Gasteiger charge is -2.38. The average Bonchev–Trinajstić information content (AvgIpc) is 3.07. The predicted octanol–water partition coefficient (Wildman–Crippen LogP) is 3.17. The van der Waals surface area contributed by atoms with Crippen molar-refractivity contribution in [3.05, 3.63) is 54.1 Å². The van der Waals surface area contributed by atoms with Crippen molar-refractivity contribution in [2.45, 2.75) is 18.6 Å². The van der Waals surface area contributed by atoms with Gasteiger partial charge in [-0.2, -0.15) is 13.2 Å². The Morgan fingerprint density at radius 2 is 1.61 bits per heavy atom. The van der Waals surface area contributed by atoms with Gasteiger partial charge in [-0.25, -0.2) is 4.90 Å². The molecule has 1 atom stereocenters. The van der Waals surface area contributed by atoms with Crippen LogP contribution in [0, 0.1) is 0 Å². The second-order valence-corrected chi connectivity index (χ2v) is 7.56. The Bertz CT molecular complexity index is 970. The zero-order valence-corrected chi connectivity index (χ0v) is 16.9. The number of carbonyl (C=O) groups excluding carboxylic acids is 2. The Morgan fingerprint density at radius 1 is 0.935 bits per heavy atom. The summed E-state index contributed by atoms with van der Waals surface area (Å²) >= 11 is 0. The van der Waals surface area contributed by atoms with E-state index >= 15 is 0 Å². The van der Waals surface area contributed by atoms with Gasteiger partial charge in [0.05, 0.1) is 30.8 Å². The van der Waals surface area contributed by atoms with Gasteiger partial charge in [-0.3, -0.25) is 14.5 Å². The van der Waals surface area contributed by atoms with Gasteiger partial charge in [-0.1, -0.05) is 6.07 Å². The first-order valence-electron chi connectivity index (χ1n) is 9.95. The van der Waals surface area contributed by atoms with Crippen molar-refractivity contribution in [2.75, 3.05) is 43.1 Å². The van der Waals surface area contributed by atoms with E-state index in [4.69, 9.17) is 4.74 Å². The molecule has 2 aromatic carbocycles. The molecule has 9 heteroatoms. The minimum absolute atomic E-state index is 0.0917. The summed E-state index contributed by atoms with van der Waals surface area (Å²) in [6.45, 7) is 1.91. The number of benzene rings is 2. The van der Waals surface area contributed by atoms with E-state index < -0.39 is 17.8 Å². The van der Waals surface area contributed by atoms with Gasteiger partial charge in [0.2, 0.25) is 5.91 Å². The summed E-state index contributed by atoms with van der Waals surface area (Å²) in [5.41, 5.74) is 0.322. The molecule has 2 heterocycles. The molecule has 1 unspecified atom stereocenters. The topological polar surface area (TPSA) is 53.1 Å². The van der Waals surface area contributed by atoms with E-state index in [1.54, 1.807) is 30.3 Å². The predicted molar refractivity (Wildman–Crippen MR) is 109 cm³/mol. The van der Waals surface area contributed by atoms with Crippen LogP contribution in [0.4, 0.5) is 24.5 Å². The van der Waals surface area contributed by atoms with E-state index in [9.17, 15) is 22.8 Å². The average molecular weight is 433 g/mol. The third-order valence-electron chi connectivity index (χ3n) is 5.75. The number of nitrogens with zero attached hydrogens (tertiary/aromatic N) is 3. The minimum atomic E-state index is -4.39. The third-order valence-corrected chi connectivity index (χ3v) is 5.75. The number of rotatable bonds is 4. The molecule has 164 valence electrons. The van der Waals surface area contributed by atoms with Crippen molar-refractivity contribution in [2.24, 2.45) is 0 Å². The molecule has 0 aliphatic carbocycles. The maximum atomic E-state index is 13.0. The first-order chi connectivity index (χ1) is 14.8. The molecule has 2 amide bonds. The molecule has 4 rings (SSSR count). The summed E-state index contributed by atoms with van der Waals surface area (Å²) in [4.78, 5) is 30.5. The van der Waals surface area contributed by atoms with Gasteiger partial charge >= 0.3 is 6.18 Å². The quantitative estimate of drug-likeness (QED) is 0.694. The number of anilines is 2. The van der Waals surface area contributed by atoms with E-state index in [-0.39, 0.29) is 18.2 Å². The molecule has 2 aliphatic rings. The number of amides is 2. The highest BCUT2D eigenvalue weighted by atomic mass is 19.4. The van der Waals surface area contributed by atoms with Crippen LogP contribution in [0.3, 0.4) is 0 Å². The smallest absolute Gasteiger partial charge is 0.416 e. The van der Waals surface area contributed by atoms with Crippen molar-refractivity contribution >= 4 is 23.2 Å². The number of hydrogen-bond donors (Lipinski definition) is 0. The SMILES string of the molecule is COc1ccc(N2C(=O)CC(N3CCN(c4cccc(C(F)(F)F)c4)CC3)C2=O)cc1. The Labute approximate surface area is 177 Å². The lowest BCUT2D eigenvalue weighted by atomic mass is 10.1. The number of alkyl halides is 3. The minimum Gasteiger partial charge on any atom is -0.497 e. The van der Waals surface area contributed by atoms with E-state index in [1.165, 1.54) is 18.1 Å². The zero-order valence-electron chi connectivity index (χ0n) is 16.9. The van der Waals surface area contributed by atoms with Crippen LogP contribution in [0.1, 0.15) is 12.0 Å². The molecular weight excluding hydrogens is 411 g/mol. The van der Waals surface area contributed by atoms with Gasteiger partial charge in [0, 0.05) is 31.9 Å². The van der Waals surface area contributed by atoms with Crippen LogP contribution in [0.25, 0.3) is 0 Å². The molecule has 2 aliphatic heterocycles. The molecule has 2 saturated heterocycles. The Morgan fingerprint density at radius 3 is 2.23 bits per heavy atom. The number of methoxy groups -OCH3 is 1. The van der Waals surface area contributed by atoms with Crippen molar-refractivity contribution < 1.29 is 27.5 Å². The molecule has 0 radical (unpaired) electrons. The maximum absolute atomic E-state index is 13.0. The molecule has 0 N–H and O–H groups in total. The van der Waals surface area contributed by atoms with E-state index in [0.717, 1.165) is 12.1 Å². The summed E-state index contributed by atoms with van der Waals surface area (Å²) < 4.78 is 44.1. The van der Waals surface area contributed by atoms with Gasteiger partial charge < -0.3 is 9.64 Å². The van der Waals surface area contributed by atoms with Crippen LogP contribution in [0.15, 0.2) is 48.5 Å². The molecular formula is C22H22F3N3O3. The standard InChI is InChI=1S/C22H22F3N3O3/c1-31-18-7-5-16(6-8-18)28-20(29)14-19(21(28)30)27-11-9-26(10-12-27)17-4-2-3-15(13-17)22(23,24)25/h2-8,13,19H,9-12,14H2,1H3. The van der Waals surface area contributed by atoms with Crippen molar-refractivity contribution in [3.63, 3.8) is 0 Å². The summed E-state index contributed by atoms with van der Waals surface area (Å²) in [6.07, 6.45) is -4.30. The molecule has 31 heavy (non-hydrogen) atoms. The van der Waals surface area contributed by atoms with Gasteiger partial charge in [0.25, 0.3) is 5.91 Å². The van der Waals surface area contributed by atoms with Gasteiger partial charge in [-0.05, 0) is 42.5 Å². The monoisotopic (exact) mass is 433 g/mol. The summed E-state index contributed by atoms with van der Waals surface area (Å²) in [5, 5.41) is 0. The van der Waals surface area contributed by atoms with Crippen molar-refractivity contribution in [1.29, 1.82) is 0 Å². The summed E-state index contributed by atoms with van der Waals surface area (Å²) in [7, 11) is 1.54. The van der Waals surface area contributed by atoms with Crippen LogP contribution >= 0.6 is 0 Å². The fourth-order valence-corrected chi connectivity index (χ4v) is 4.07. The Kier molecular flexibility index (Phi) is 5.62. The van der Waals surface area contributed by atoms with E-state index in [2.05, 4.69) is 0 Å². The number of hydrogen-bond acceptors (Lipinski definition) is 5. The highest BCUT2D eigenvalue weighted by molar-refractivity contribution is 6.22. The second-order valence-electron chi connectivity index (χ2n) is 7.56. The lowest BCUT2D eigenvalue weighted by molar-refractivity contribution is -0.137. The molecule has 0 saturated carbocycles. The number of halogens is 3. The van der Waals surface area contributed by atoms with Gasteiger partial charge in [-0.15, -0.1) is 0 Å². The highest BCUT2D eigenvalue weighted by Gasteiger charge is 2.43. The van der Waals surface area contributed by atoms with E-state index in [1.807, 2.05) is 9.80 Å². The molecule has 0 aromatic heterocycles. The molecule has 2 fully saturated rings. The maximum Gasteiger partial charge on any atom is 0.416 e. The van der Waals surface area contributed by atoms with Crippen molar-refractivity contribution in [1.82, 2.24) is 4.90 Å². The summed E-state index contributed by atoms with van der Waals surface area (Å²) in [6, 6.07) is 11.4. The van der Waals surface area contributed by atoms with Gasteiger partial charge in [0.15, 0.2) is 0 Å². The fraction of sp³-hybridized carbons (Fsp3) is 0.364. The van der Waals surface area contributed by atoms with Crippen LogP contribution < -0.4 is 14.5 Å². The van der Waals surface area contributed by atoms with Gasteiger partial charge in [0.1, 0.15) is 5.75 Å². The second kappa shape index (κ2) is 8.22. The number of imide groups is 1. The molecule has 2 aromatic rings.